The SMILES string of the molecule is COc1cccc(O[C@H](C)C(=O)Nc2c(C)cccc2C(C)C)c1. The first-order chi connectivity index (χ1) is 11.4. The van der Waals surface area contributed by atoms with Gasteiger partial charge in [-0.25, -0.2) is 0 Å². The Balaban J connectivity index is 2.12. The number of aryl methyl sites for hydroxylation is 1. The Morgan fingerprint density at radius 2 is 1.71 bits per heavy atom. The van der Waals surface area contributed by atoms with Crippen LogP contribution in [0.15, 0.2) is 42.5 Å². The smallest absolute Gasteiger partial charge is 0.265 e. The molecule has 128 valence electrons. The van der Waals surface area contributed by atoms with Gasteiger partial charge in [-0.3, -0.25) is 4.79 Å². The first kappa shape index (κ1) is 17.9. The van der Waals surface area contributed by atoms with E-state index in [1.165, 1.54) is 0 Å². The van der Waals surface area contributed by atoms with Crippen LogP contribution in [0.1, 0.15) is 37.8 Å². The van der Waals surface area contributed by atoms with Crippen LogP contribution in [0.5, 0.6) is 11.5 Å². The molecule has 0 aliphatic heterocycles. The molecule has 0 unspecified atom stereocenters. The van der Waals surface area contributed by atoms with Crippen molar-refractivity contribution in [3.05, 3.63) is 53.6 Å². The molecule has 0 bridgehead atoms. The minimum absolute atomic E-state index is 0.172. The number of carbonyl (C=O) groups is 1. The molecule has 24 heavy (non-hydrogen) atoms. The van der Waals surface area contributed by atoms with E-state index < -0.39 is 6.10 Å². The van der Waals surface area contributed by atoms with E-state index in [9.17, 15) is 4.79 Å². The maximum absolute atomic E-state index is 12.5. The number of para-hydroxylation sites is 1. The summed E-state index contributed by atoms with van der Waals surface area (Å²) in [6.45, 7) is 7.96. The Hall–Kier alpha value is -2.49. The quantitative estimate of drug-likeness (QED) is 0.848. The lowest BCUT2D eigenvalue weighted by molar-refractivity contribution is -0.122. The largest absolute Gasteiger partial charge is 0.497 e. The molecule has 0 aliphatic carbocycles. The number of rotatable bonds is 6. The fourth-order valence-corrected chi connectivity index (χ4v) is 2.50. The van der Waals surface area contributed by atoms with Crippen molar-refractivity contribution in [1.82, 2.24) is 0 Å². The van der Waals surface area contributed by atoms with Crippen LogP contribution in [0.3, 0.4) is 0 Å². The summed E-state index contributed by atoms with van der Waals surface area (Å²) in [7, 11) is 1.60. The summed E-state index contributed by atoms with van der Waals surface area (Å²) in [5.41, 5.74) is 3.04. The van der Waals surface area contributed by atoms with Crippen LogP contribution in [-0.4, -0.2) is 19.1 Å². The summed E-state index contributed by atoms with van der Waals surface area (Å²) in [6, 6.07) is 13.3. The van der Waals surface area contributed by atoms with Gasteiger partial charge < -0.3 is 14.8 Å². The van der Waals surface area contributed by atoms with Crippen molar-refractivity contribution in [2.45, 2.75) is 39.7 Å². The highest BCUT2D eigenvalue weighted by atomic mass is 16.5. The topological polar surface area (TPSA) is 47.6 Å². The van der Waals surface area contributed by atoms with E-state index in [1.807, 2.05) is 37.3 Å². The molecule has 1 N–H and O–H groups in total. The maximum atomic E-state index is 12.5. The molecule has 4 nitrogen and oxygen atoms in total. The number of methoxy groups -OCH3 is 1. The predicted molar refractivity (Wildman–Crippen MR) is 97.0 cm³/mol. The zero-order chi connectivity index (χ0) is 17.7. The third-order valence-electron chi connectivity index (χ3n) is 3.90. The number of benzene rings is 2. The molecule has 0 fully saturated rings. The highest BCUT2D eigenvalue weighted by molar-refractivity contribution is 5.95. The van der Waals surface area contributed by atoms with Crippen molar-refractivity contribution in [3.8, 4) is 11.5 Å². The van der Waals surface area contributed by atoms with Crippen molar-refractivity contribution in [2.75, 3.05) is 12.4 Å². The number of carbonyl (C=O) groups excluding carboxylic acids is 1. The lowest BCUT2D eigenvalue weighted by atomic mass is 9.98. The lowest BCUT2D eigenvalue weighted by Gasteiger charge is -2.19. The van der Waals surface area contributed by atoms with Crippen LogP contribution >= 0.6 is 0 Å². The second kappa shape index (κ2) is 7.86. The number of hydrogen-bond donors (Lipinski definition) is 1. The number of amides is 1. The zero-order valence-corrected chi connectivity index (χ0v) is 14.9. The Morgan fingerprint density at radius 1 is 1.04 bits per heavy atom. The first-order valence-corrected chi connectivity index (χ1v) is 8.13. The Morgan fingerprint density at radius 3 is 2.38 bits per heavy atom. The van der Waals surface area contributed by atoms with Crippen molar-refractivity contribution in [3.63, 3.8) is 0 Å². The van der Waals surface area contributed by atoms with Gasteiger partial charge in [-0.05, 0) is 43.0 Å². The van der Waals surface area contributed by atoms with E-state index in [2.05, 4.69) is 19.2 Å². The van der Waals surface area contributed by atoms with E-state index in [0.717, 1.165) is 16.8 Å². The Labute approximate surface area is 143 Å². The number of hydrogen-bond acceptors (Lipinski definition) is 3. The third-order valence-corrected chi connectivity index (χ3v) is 3.90. The predicted octanol–water partition coefficient (Wildman–Crippen LogP) is 4.53. The van der Waals surface area contributed by atoms with E-state index in [4.69, 9.17) is 9.47 Å². The maximum Gasteiger partial charge on any atom is 0.265 e. The second-order valence-electron chi connectivity index (χ2n) is 6.12. The number of ether oxygens (including phenoxy) is 2. The fourth-order valence-electron chi connectivity index (χ4n) is 2.50. The molecule has 4 heteroatoms. The minimum Gasteiger partial charge on any atom is -0.497 e. The molecule has 1 atom stereocenters. The molecule has 2 rings (SSSR count). The van der Waals surface area contributed by atoms with Crippen LogP contribution in [0.25, 0.3) is 0 Å². The van der Waals surface area contributed by atoms with Crippen LogP contribution in [0, 0.1) is 6.92 Å². The van der Waals surface area contributed by atoms with Crippen molar-refractivity contribution in [2.24, 2.45) is 0 Å². The normalized spacial score (nSPS) is 11.9. The van der Waals surface area contributed by atoms with Gasteiger partial charge >= 0.3 is 0 Å². The lowest BCUT2D eigenvalue weighted by Crippen LogP contribution is -2.30. The number of nitrogens with one attached hydrogen (secondary N) is 1. The minimum atomic E-state index is -0.614. The molecular formula is C20H25NO3. The molecule has 0 spiro atoms. The van der Waals surface area contributed by atoms with E-state index in [1.54, 1.807) is 26.2 Å². The monoisotopic (exact) mass is 327 g/mol. The summed E-state index contributed by atoms with van der Waals surface area (Å²) in [4.78, 5) is 12.5. The van der Waals surface area contributed by atoms with Gasteiger partial charge in [0.05, 0.1) is 7.11 Å². The van der Waals surface area contributed by atoms with Gasteiger partial charge in [0.2, 0.25) is 0 Å². The van der Waals surface area contributed by atoms with Gasteiger partial charge in [0, 0.05) is 11.8 Å². The zero-order valence-electron chi connectivity index (χ0n) is 14.9. The van der Waals surface area contributed by atoms with Crippen molar-refractivity contribution < 1.29 is 14.3 Å². The Kier molecular flexibility index (Phi) is 5.85. The fraction of sp³-hybridized carbons (Fsp3) is 0.350. The summed E-state index contributed by atoms with van der Waals surface area (Å²) in [6.07, 6.45) is -0.614. The van der Waals surface area contributed by atoms with Crippen molar-refractivity contribution in [1.29, 1.82) is 0 Å². The molecule has 0 aliphatic rings. The van der Waals surface area contributed by atoms with E-state index in [-0.39, 0.29) is 5.91 Å². The average molecular weight is 327 g/mol. The second-order valence-corrected chi connectivity index (χ2v) is 6.12. The van der Waals surface area contributed by atoms with Gasteiger partial charge in [0.25, 0.3) is 5.91 Å². The highest BCUT2D eigenvalue weighted by Crippen LogP contribution is 2.28. The van der Waals surface area contributed by atoms with E-state index in [0.29, 0.717) is 17.4 Å². The highest BCUT2D eigenvalue weighted by Gasteiger charge is 2.18. The van der Waals surface area contributed by atoms with Gasteiger partial charge in [0.1, 0.15) is 11.5 Å². The summed E-state index contributed by atoms with van der Waals surface area (Å²) in [5, 5.41) is 3.01. The van der Waals surface area contributed by atoms with Crippen molar-refractivity contribution >= 4 is 11.6 Å². The van der Waals surface area contributed by atoms with Gasteiger partial charge in [-0.1, -0.05) is 38.1 Å². The van der Waals surface area contributed by atoms with Crippen LogP contribution in [-0.2, 0) is 4.79 Å². The molecule has 2 aromatic rings. The number of anilines is 1. The standard InChI is InChI=1S/C20H25NO3/c1-13(2)18-11-6-8-14(3)19(18)21-20(22)15(4)24-17-10-7-9-16(12-17)23-5/h6-13,15H,1-5H3,(H,21,22)/t15-/m1/s1. The third kappa shape index (κ3) is 4.28. The Bertz CT molecular complexity index is 710. The molecule has 0 heterocycles. The first-order valence-electron chi connectivity index (χ1n) is 8.13. The van der Waals surface area contributed by atoms with Gasteiger partial charge in [0.15, 0.2) is 6.10 Å². The molecular weight excluding hydrogens is 302 g/mol. The summed E-state index contributed by atoms with van der Waals surface area (Å²) >= 11 is 0. The summed E-state index contributed by atoms with van der Waals surface area (Å²) < 4.78 is 10.9. The summed E-state index contributed by atoms with van der Waals surface area (Å²) in [5.74, 6) is 1.45. The molecule has 2 aromatic carbocycles. The molecule has 0 radical (unpaired) electrons. The molecule has 0 saturated heterocycles. The van der Waals surface area contributed by atoms with Gasteiger partial charge in [-0.2, -0.15) is 0 Å². The molecule has 0 aromatic heterocycles. The van der Waals surface area contributed by atoms with Crippen LogP contribution < -0.4 is 14.8 Å². The van der Waals surface area contributed by atoms with Crippen LogP contribution in [0.2, 0.25) is 0 Å². The van der Waals surface area contributed by atoms with Crippen LogP contribution in [0.4, 0.5) is 5.69 Å². The van der Waals surface area contributed by atoms with E-state index >= 15 is 0 Å². The molecule has 0 saturated carbocycles. The molecule has 1 amide bonds. The average Bonchev–Trinajstić information content (AvgIpc) is 2.56. The van der Waals surface area contributed by atoms with Gasteiger partial charge in [-0.15, -0.1) is 0 Å².